The van der Waals surface area contributed by atoms with Crippen LogP contribution in [-0.4, -0.2) is 25.8 Å². The number of carboxylic acids is 1. The summed E-state index contributed by atoms with van der Waals surface area (Å²) in [6, 6.07) is 0.409. The molecule has 2 aromatic heterocycles. The van der Waals surface area contributed by atoms with Gasteiger partial charge in [-0.05, 0) is 18.9 Å². The number of rotatable bonds is 4. The van der Waals surface area contributed by atoms with Gasteiger partial charge in [0.25, 0.3) is 0 Å². The first-order valence-corrected chi connectivity index (χ1v) is 6.24. The second-order valence-electron chi connectivity index (χ2n) is 4.70. The summed E-state index contributed by atoms with van der Waals surface area (Å²) in [4.78, 5) is 14.3. The van der Waals surface area contributed by atoms with Crippen LogP contribution in [0.15, 0.2) is 30.9 Å². The molecule has 0 bridgehead atoms. The van der Waals surface area contributed by atoms with E-state index in [1.807, 2.05) is 4.68 Å². The predicted molar refractivity (Wildman–Crippen MR) is 84.9 cm³/mol. The monoisotopic (exact) mass is 345 g/mol. The number of carboxylic acid groups (broad SMARTS) is 1. The summed E-state index contributed by atoms with van der Waals surface area (Å²) in [5.41, 5.74) is 1.37. The Morgan fingerprint density at radius 2 is 2.05 bits per heavy atom. The lowest BCUT2D eigenvalue weighted by Crippen LogP contribution is -1.93. The second-order valence-corrected chi connectivity index (χ2v) is 4.70. The molecule has 0 atom stereocenters. The molecule has 22 heavy (non-hydrogen) atoms. The third-order valence-electron chi connectivity index (χ3n) is 3.15. The first-order valence-electron chi connectivity index (χ1n) is 6.24. The molecule has 0 saturated heterocycles. The molecule has 0 amide bonds. The van der Waals surface area contributed by atoms with Crippen LogP contribution in [0.3, 0.4) is 0 Å². The molecule has 1 aliphatic carbocycles. The molecule has 0 aliphatic heterocycles. The minimum absolute atomic E-state index is 0. The summed E-state index contributed by atoms with van der Waals surface area (Å²) in [5.74, 6) is -1.58. The second kappa shape index (κ2) is 7.38. The van der Waals surface area contributed by atoms with Gasteiger partial charge in [-0.15, -0.1) is 24.8 Å². The zero-order valence-electron chi connectivity index (χ0n) is 11.3. The van der Waals surface area contributed by atoms with E-state index in [0.717, 1.165) is 25.1 Å². The molecule has 2 aromatic rings. The van der Waals surface area contributed by atoms with Gasteiger partial charge < -0.3 is 5.11 Å². The van der Waals surface area contributed by atoms with E-state index < -0.39 is 11.8 Å². The molecule has 118 valence electrons. The Kier molecular flexibility index (Phi) is 6.08. The molecule has 1 saturated carbocycles. The van der Waals surface area contributed by atoms with E-state index in [2.05, 4.69) is 10.1 Å². The highest BCUT2D eigenvalue weighted by atomic mass is 35.5. The van der Waals surface area contributed by atoms with Gasteiger partial charge in [-0.25, -0.2) is 9.18 Å². The molecule has 0 spiro atoms. The molecule has 5 nitrogen and oxygen atoms in total. The van der Waals surface area contributed by atoms with Crippen LogP contribution in [0.2, 0.25) is 0 Å². The van der Waals surface area contributed by atoms with Gasteiger partial charge in [0.2, 0.25) is 0 Å². The largest absolute Gasteiger partial charge is 0.478 e. The van der Waals surface area contributed by atoms with E-state index in [1.54, 1.807) is 12.4 Å². The summed E-state index contributed by atoms with van der Waals surface area (Å²) < 4.78 is 15.8. The highest BCUT2D eigenvalue weighted by Crippen LogP contribution is 2.36. The van der Waals surface area contributed by atoms with Crippen LogP contribution in [0.25, 0.3) is 17.2 Å². The highest BCUT2D eigenvalue weighted by Gasteiger charge is 2.25. The summed E-state index contributed by atoms with van der Waals surface area (Å²) in [6.07, 6.45) is 10.4. The first-order chi connectivity index (χ1) is 9.65. The summed E-state index contributed by atoms with van der Waals surface area (Å²) in [6.45, 7) is 0. The molecule has 2 heterocycles. The van der Waals surface area contributed by atoms with E-state index >= 15 is 0 Å². The average Bonchev–Trinajstić information content (AvgIpc) is 3.15. The maximum atomic E-state index is 14.0. The van der Waals surface area contributed by atoms with E-state index in [1.165, 1.54) is 12.3 Å². The lowest BCUT2D eigenvalue weighted by Gasteiger charge is -2.04. The van der Waals surface area contributed by atoms with E-state index in [9.17, 15) is 9.18 Å². The van der Waals surface area contributed by atoms with Gasteiger partial charge in [-0.1, -0.05) is 0 Å². The van der Waals surface area contributed by atoms with Crippen LogP contribution < -0.4 is 0 Å². The van der Waals surface area contributed by atoms with E-state index in [-0.39, 0.29) is 24.8 Å². The normalized spacial score (nSPS) is 13.5. The molecular weight excluding hydrogens is 332 g/mol. The quantitative estimate of drug-likeness (QED) is 0.862. The lowest BCUT2D eigenvalue weighted by atomic mass is 10.0. The Morgan fingerprint density at radius 1 is 1.32 bits per heavy atom. The molecule has 1 fully saturated rings. The van der Waals surface area contributed by atoms with Crippen LogP contribution in [0.1, 0.15) is 24.4 Å². The number of nitrogens with zero attached hydrogens (tertiary/aromatic N) is 3. The SMILES string of the molecule is Cl.Cl.O=C(O)C=Cc1cncc(F)c1-c1cnn(C2CC2)c1. The smallest absolute Gasteiger partial charge is 0.328 e. The third kappa shape index (κ3) is 3.84. The molecule has 0 aromatic carbocycles. The molecular formula is C14H14Cl2FN3O2. The van der Waals surface area contributed by atoms with Crippen LogP contribution in [0.4, 0.5) is 4.39 Å². The Hall–Kier alpha value is -1.92. The van der Waals surface area contributed by atoms with E-state index in [4.69, 9.17) is 5.11 Å². The molecule has 0 unspecified atom stereocenters. The lowest BCUT2D eigenvalue weighted by molar-refractivity contribution is -0.131. The molecule has 0 radical (unpaired) electrons. The van der Waals surface area contributed by atoms with Gasteiger partial charge in [-0.3, -0.25) is 9.67 Å². The van der Waals surface area contributed by atoms with Crippen LogP contribution in [0, 0.1) is 5.82 Å². The Morgan fingerprint density at radius 3 is 2.68 bits per heavy atom. The standard InChI is InChI=1S/C14H12FN3O2.2ClH/c15-12-7-16-5-9(1-4-13(19)20)14(12)10-6-17-18(8-10)11-2-3-11;;/h1,4-8,11H,2-3H2,(H,19,20);2*1H. The Balaban J connectivity index is 0.00000121. The van der Waals surface area contributed by atoms with Gasteiger partial charge in [0.1, 0.15) is 5.82 Å². The van der Waals surface area contributed by atoms with Gasteiger partial charge >= 0.3 is 5.97 Å². The van der Waals surface area contributed by atoms with Gasteiger partial charge in [0, 0.05) is 35.2 Å². The maximum absolute atomic E-state index is 14.0. The summed E-state index contributed by atoms with van der Waals surface area (Å²) in [7, 11) is 0. The van der Waals surface area contributed by atoms with Crippen LogP contribution in [-0.2, 0) is 4.79 Å². The Labute approximate surface area is 138 Å². The predicted octanol–water partition coefficient (Wildman–Crippen LogP) is 3.36. The number of halogens is 3. The third-order valence-corrected chi connectivity index (χ3v) is 3.15. The number of carbonyl (C=O) groups is 1. The molecule has 1 aliphatic rings. The van der Waals surface area contributed by atoms with Crippen molar-refractivity contribution in [3.05, 3.63) is 42.2 Å². The number of aliphatic carboxylic acids is 1. The van der Waals surface area contributed by atoms with E-state index in [0.29, 0.717) is 22.7 Å². The number of hydrogen-bond acceptors (Lipinski definition) is 3. The molecule has 3 rings (SSSR count). The van der Waals surface area contributed by atoms with Crippen LogP contribution >= 0.6 is 24.8 Å². The fourth-order valence-electron chi connectivity index (χ4n) is 2.05. The van der Waals surface area contributed by atoms with Crippen molar-refractivity contribution in [1.29, 1.82) is 0 Å². The van der Waals surface area contributed by atoms with Crippen molar-refractivity contribution in [3.8, 4) is 11.1 Å². The van der Waals surface area contributed by atoms with Gasteiger partial charge in [0.05, 0.1) is 18.4 Å². The zero-order valence-corrected chi connectivity index (χ0v) is 13.0. The van der Waals surface area contributed by atoms with Gasteiger partial charge in [-0.2, -0.15) is 5.10 Å². The number of hydrogen-bond donors (Lipinski definition) is 1. The first kappa shape index (κ1) is 18.1. The van der Waals surface area contributed by atoms with Crippen molar-refractivity contribution in [1.82, 2.24) is 14.8 Å². The number of pyridine rings is 1. The minimum atomic E-state index is -1.09. The zero-order chi connectivity index (χ0) is 14.1. The van der Waals surface area contributed by atoms with Crippen molar-refractivity contribution in [2.24, 2.45) is 0 Å². The highest BCUT2D eigenvalue weighted by molar-refractivity contribution is 5.87. The minimum Gasteiger partial charge on any atom is -0.478 e. The maximum Gasteiger partial charge on any atom is 0.328 e. The van der Waals surface area contributed by atoms with Crippen molar-refractivity contribution in [2.75, 3.05) is 0 Å². The average molecular weight is 346 g/mol. The molecule has 8 heteroatoms. The van der Waals surface area contributed by atoms with Crippen molar-refractivity contribution >= 4 is 36.9 Å². The summed E-state index contributed by atoms with van der Waals surface area (Å²) in [5, 5.41) is 12.9. The van der Waals surface area contributed by atoms with Crippen molar-refractivity contribution in [2.45, 2.75) is 18.9 Å². The van der Waals surface area contributed by atoms with Gasteiger partial charge in [0.15, 0.2) is 0 Å². The fraction of sp³-hybridized carbons (Fsp3) is 0.214. The van der Waals surface area contributed by atoms with Crippen LogP contribution in [0.5, 0.6) is 0 Å². The molecule has 1 N–H and O–H groups in total. The fourth-order valence-corrected chi connectivity index (χ4v) is 2.05. The topological polar surface area (TPSA) is 68.0 Å². The van der Waals surface area contributed by atoms with Crippen molar-refractivity contribution in [3.63, 3.8) is 0 Å². The Bertz CT molecular complexity index is 699. The summed E-state index contributed by atoms with van der Waals surface area (Å²) >= 11 is 0. The van der Waals surface area contributed by atoms with Crippen molar-refractivity contribution < 1.29 is 14.3 Å². The number of aromatic nitrogens is 3.